The van der Waals surface area contributed by atoms with E-state index in [9.17, 15) is 4.79 Å². The molecule has 1 aliphatic carbocycles. The van der Waals surface area contributed by atoms with E-state index in [4.69, 9.17) is 4.74 Å². The van der Waals surface area contributed by atoms with Gasteiger partial charge in [0.15, 0.2) is 0 Å². The van der Waals surface area contributed by atoms with Crippen LogP contribution in [0.4, 0.5) is 0 Å². The van der Waals surface area contributed by atoms with Crippen LogP contribution in [-0.2, 0) is 11.3 Å². The van der Waals surface area contributed by atoms with Crippen LogP contribution < -0.4 is 15.4 Å². The highest BCUT2D eigenvalue weighted by atomic mass is 16.5. The Hall–Kier alpha value is -1.55. The third-order valence-corrected chi connectivity index (χ3v) is 3.19. The smallest absolute Gasteiger partial charge is 0.223 e. The van der Waals surface area contributed by atoms with Gasteiger partial charge in [0.1, 0.15) is 5.75 Å². The van der Waals surface area contributed by atoms with Gasteiger partial charge in [0, 0.05) is 12.6 Å². The maximum atomic E-state index is 11.5. The Morgan fingerprint density at radius 3 is 3.00 bits per heavy atom. The van der Waals surface area contributed by atoms with Crippen LogP contribution in [0.5, 0.6) is 5.75 Å². The van der Waals surface area contributed by atoms with E-state index in [0.29, 0.717) is 19.1 Å². The second-order valence-corrected chi connectivity index (χ2v) is 5.26. The number of benzene rings is 1. The first kappa shape index (κ1) is 14.9. The van der Waals surface area contributed by atoms with Crippen molar-refractivity contribution in [2.75, 3.05) is 13.2 Å². The number of carbonyl (C=O) groups is 1. The lowest BCUT2D eigenvalue weighted by Crippen LogP contribution is -2.26. The number of hydrogen-bond acceptors (Lipinski definition) is 3. The fourth-order valence-electron chi connectivity index (χ4n) is 1.94. The molecule has 0 aromatic heterocycles. The van der Waals surface area contributed by atoms with Crippen molar-refractivity contribution in [2.24, 2.45) is 0 Å². The van der Waals surface area contributed by atoms with Crippen LogP contribution in [0.1, 0.15) is 38.2 Å². The molecule has 2 rings (SSSR count). The number of hydrogen-bond donors (Lipinski definition) is 2. The van der Waals surface area contributed by atoms with E-state index in [0.717, 1.165) is 38.1 Å². The minimum Gasteiger partial charge on any atom is -0.493 e. The number of nitrogens with one attached hydrogen (secondary N) is 2. The lowest BCUT2D eigenvalue weighted by Gasteiger charge is -2.09. The van der Waals surface area contributed by atoms with Crippen molar-refractivity contribution in [2.45, 2.75) is 45.2 Å². The highest BCUT2D eigenvalue weighted by Gasteiger charge is 2.22. The zero-order valence-corrected chi connectivity index (χ0v) is 12.2. The molecule has 0 heterocycles. The van der Waals surface area contributed by atoms with Crippen LogP contribution in [-0.4, -0.2) is 25.1 Å². The average molecular weight is 276 g/mol. The molecule has 110 valence electrons. The second kappa shape index (κ2) is 7.90. The Balaban J connectivity index is 1.68. The average Bonchev–Trinajstić information content (AvgIpc) is 3.23. The Kier molecular flexibility index (Phi) is 5.87. The zero-order valence-electron chi connectivity index (χ0n) is 12.2. The molecule has 20 heavy (non-hydrogen) atoms. The van der Waals surface area contributed by atoms with Gasteiger partial charge in [-0.2, -0.15) is 0 Å². The number of amides is 1. The maximum absolute atomic E-state index is 11.5. The molecule has 1 saturated carbocycles. The van der Waals surface area contributed by atoms with E-state index in [2.05, 4.69) is 23.6 Å². The van der Waals surface area contributed by atoms with E-state index in [-0.39, 0.29) is 5.91 Å². The van der Waals surface area contributed by atoms with Crippen molar-refractivity contribution in [3.8, 4) is 5.75 Å². The lowest BCUT2D eigenvalue weighted by molar-refractivity contribution is -0.121. The molecule has 0 spiro atoms. The quantitative estimate of drug-likeness (QED) is 0.680. The molecular weight excluding hydrogens is 252 g/mol. The summed E-state index contributed by atoms with van der Waals surface area (Å²) in [4.78, 5) is 11.5. The predicted molar refractivity (Wildman–Crippen MR) is 79.7 cm³/mol. The van der Waals surface area contributed by atoms with Gasteiger partial charge in [-0.1, -0.05) is 19.1 Å². The molecule has 2 N–H and O–H groups in total. The topological polar surface area (TPSA) is 50.4 Å². The molecule has 0 atom stereocenters. The van der Waals surface area contributed by atoms with E-state index >= 15 is 0 Å². The van der Waals surface area contributed by atoms with Crippen molar-refractivity contribution in [3.63, 3.8) is 0 Å². The Morgan fingerprint density at radius 2 is 2.25 bits per heavy atom. The predicted octanol–water partition coefficient (Wildman–Crippen LogP) is 2.23. The van der Waals surface area contributed by atoms with Crippen molar-refractivity contribution in [3.05, 3.63) is 29.8 Å². The first-order chi connectivity index (χ1) is 9.78. The highest BCUT2D eigenvalue weighted by Crippen LogP contribution is 2.18. The van der Waals surface area contributed by atoms with E-state index in [1.54, 1.807) is 0 Å². The van der Waals surface area contributed by atoms with Crippen LogP contribution in [0.2, 0.25) is 0 Å². The minimum atomic E-state index is 0.0910. The summed E-state index contributed by atoms with van der Waals surface area (Å²) < 4.78 is 5.64. The maximum Gasteiger partial charge on any atom is 0.223 e. The third-order valence-electron chi connectivity index (χ3n) is 3.19. The van der Waals surface area contributed by atoms with Crippen LogP contribution in [0.3, 0.4) is 0 Å². The van der Waals surface area contributed by atoms with Gasteiger partial charge < -0.3 is 15.4 Å². The largest absolute Gasteiger partial charge is 0.493 e. The van der Waals surface area contributed by atoms with E-state index in [1.807, 2.05) is 18.2 Å². The molecule has 0 saturated heterocycles. The lowest BCUT2D eigenvalue weighted by atomic mass is 10.2. The Bertz CT molecular complexity index is 430. The van der Waals surface area contributed by atoms with Crippen molar-refractivity contribution in [1.82, 2.24) is 10.6 Å². The van der Waals surface area contributed by atoms with E-state index in [1.165, 1.54) is 5.56 Å². The molecule has 4 heteroatoms. The molecule has 1 aromatic rings. The summed E-state index contributed by atoms with van der Waals surface area (Å²) >= 11 is 0. The normalized spacial score (nSPS) is 14.1. The molecule has 1 aromatic carbocycles. The van der Waals surface area contributed by atoms with Crippen molar-refractivity contribution >= 4 is 5.91 Å². The first-order valence-corrected chi connectivity index (χ1v) is 7.49. The molecule has 4 nitrogen and oxygen atoms in total. The summed E-state index contributed by atoms with van der Waals surface area (Å²) in [5, 5.41) is 6.32. The van der Waals surface area contributed by atoms with Crippen LogP contribution in [0, 0.1) is 0 Å². The van der Waals surface area contributed by atoms with Gasteiger partial charge in [-0.05, 0) is 43.5 Å². The first-order valence-electron chi connectivity index (χ1n) is 7.49. The number of carbonyl (C=O) groups excluding carboxylic acids is 1. The summed E-state index contributed by atoms with van der Waals surface area (Å²) in [7, 11) is 0. The van der Waals surface area contributed by atoms with Gasteiger partial charge in [-0.3, -0.25) is 4.79 Å². The molecule has 1 fully saturated rings. The minimum absolute atomic E-state index is 0.0910. The molecule has 0 unspecified atom stereocenters. The van der Waals surface area contributed by atoms with Gasteiger partial charge in [-0.15, -0.1) is 0 Å². The molecular formula is C16H24N2O2. The number of ether oxygens (including phenoxy) is 1. The Labute approximate surface area is 120 Å². The molecule has 1 amide bonds. The highest BCUT2D eigenvalue weighted by molar-refractivity contribution is 5.76. The summed E-state index contributed by atoms with van der Waals surface area (Å²) in [6.07, 6.45) is 3.81. The molecule has 0 radical (unpaired) electrons. The van der Waals surface area contributed by atoms with Crippen molar-refractivity contribution in [1.29, 1.82) is 0 Å². The molecule has 0 bridgehead atoms. The van der Waals surface area contributed by atoms with Gasteiger partial charge in [0.25, 0.3) is 0 Å². The van der Waals surface area contributed by atoms with Crippen LogP contribution in [0.15, 0.2) is 24.3 Å². The van der Waals surface area contributed by atoms with E-state index < -0.39 is 0 Å². The fourth-order valence-corrected chi connectivity index (χ4v) is 1.94. The fraction of sp³-hybridized carbons (Fsp3) is 0.562. The zero-order chi connectivity index (χ0) is 14.2. The summed E-state index contributed by atoms with van der Waals surface area (Å²) in [5.74, 6) is 0.924. The van der Waals surface area contributed by atoms with Gasteiger partial charge in [0.2, 0.25) is 5.91 Å². The standard InChI is InChI=1S/C16H24N2O2/c1-2-9-17-12-13-4-3-5-15(11-13)20-10-8-16(19)18-14-6-7-14/h3-5,11,14,17H,2,6-10,12H2,1H3,(H,18,19). The van der Waals surface area contributed by atoms with Gasteiger partial charge in [0.05, 0.1) is 13.0 Å². The monoisotopic (exact) mass is 276 g/mol. The van der Waals surface area contributed by atoms with Gasteiger partial charge in [-0.25, -0.2) is 0 Å². The third kappa shape index (κ3) is 5.61. The Morgan fingerprint density at radius 1 is 1.40 bits per heavy atom. The van der Waals surface area contributed by atoms with Crippen LogP contribution >= 0.6 is 0 Å². The van der Waals surface area contributed by atoms with Crippen molar-refractivity contribution < 1.29 is 9.53 Å². The summed E-state index contributed by atoms with van der Waals surface area (Å²) in [6.45, 7) is 4.46. The summed E-state index contributed by atoms with van der Waals surface area (Å²) in [5.41, 5.74) is 1.21. The molecule has 1 aliphatic rings. The van der Waals surface area contributed by atoms with Crippen LogP contribution in [0.25, 0.3) is 0 Å². The SMILES string of the molecule is CCCNCc1cccc(OCCC(=O)NC2CC2)c1. The second-order valence-electron chi connectivity index (χ2n) is 5.26. The molecule has 0 aliphatic heterocycles. The number of rotatable bonds is 9. The van der Waals surface area contributed by atoms with Gasteiger partial charge >= 0.3 is 0 Å². The summed E-state index contributed by atoms with van der Waals surface area (Å²) in [6, 6.07) is 8.46.